The lowest BCUT2D eigenvalue weighted by atomic mass is 10.00. The quantitative estimate of drug-likeness (QED) is 0.459. The minimum atomic E-state index is -0.743. The van der Waals surface area contributed by atoms with E-state index in [1.807, 2.05) is 30.3 Å². The third-order valence-corrected chi connectivity index (χ3v) is 4.45. The van der Waals surface area contributed by atoms with Crippen molar-refractivity contribution >= 4 is 21.9 Å². The predicted octanol–water partition coefficient (Wildman–Crippen LogP) is 4.38. The fourth-order valence-electron chi connectivity index (χ4n) is 2.40. The highest BCUT2D eigenvalue weighted by Crippen LogP contribution is 2.15. The van der Waals surface area contributed by atoms with Gasteiger partial charge in [-0.3, -0.25) is 0 Å². The molecule has 0 amide bonds. The number of ether oxygens (including phenoxy) is 2. The molecule has 0 aliphatic heterocycles. The second kappa shape index (κ2) is 10.9. The van der Waals surface area contributed by atoms with E-state index < -0.39 is 12.1 Å². The monoisotopic (exact) mass is 418 g/mol. The van der Waals surface area contributed by atoms with Crippen LogP contribution in [0.1, 0.15) is 22.3 Å². The zero-order valence-corrected chi connectivity index (χ0v) is 16.1. The summed E-state index contributed by atoms with van der Waals surface area (Å²) >= 11 is 3.39. The Morgan fingerprint density at radius 1 is 1.12 bits per heavy atom. The van der Waals surface area contributed by atoms with Gasteiger partial charge in [0, 0.05) is 10.4 Å². The lowest BCUT2D eigenvalue weighted by Gasteiger charge is -2.21. The number of benzene rings is 2. The molecule has 2 aromatic carbocycles. The van der Waals surface area contributed by atoms with Gasteiger partial charge in [0.25, 0.3) is 0 Å². The van der Waals surface area contributed by atoms with Crippen molar-refractivity contribution in [2.45, 2.75) is 19.1 Å². The van der Waals surface area contributed by atoms with Gasteiger partial charge in [-0.15, -0.1) is 6.58 Å². The largest absolute Gasteiger partial charge is 0.462 e. The smallest absolute Gasteiger partial charge is 0.338 e. The van der Waals surface area contributed by atoms with Gasteiger partial charge >= 0.3 is 5.97 Å². The Kier molecular flexibility index (Phi) is 8.54. The molecule has 26 heavy (non-hydrogen) atoms. The molecule has 0 saturated heterocycles. The molecule has 0 aliphatic carbocycles. The highest BCUT2D eigenvalue weighted by atomic mass is 79.9. The second-order valence-corrected chi connectivity index (χ2v) is 6.87. The van der Waals surface area contributed by atoms with Gasteiger partial charge in [0.15, 0.2) is 0 Å². The molecular weight excluding hydrogens is 396 g/mol. The highest BCUT2D eigenvalue weighted by molar-refractivity contribution is 9.10. The van der Waals surface area contributed by atoms with E-state index in [4.69, 9.17) is 9.47 Å². The Labute approximate surface area is 162 Å². The van der Waals surface area contributed by atoms with Crippen LogP contribution in [0, 0.1) is 5.92 Å². The normalized spacial score (nSPS) is 13.0. The van der Waals surface area contributed by atoms with E-state index in [0.717, 1.165) is 10.0 Å². The highest BCUT2D eigenvalue weighted by Gasteiger charge is 2.20. The number of aliphatic hydroxyl groups is 1. The van der Waals surface area contributed by atoms with Gasteiger partial charge < -0.3 is 14.6 Å². The van der Waals surface area contributed by atoms with Crippen LogP contribution in [0.4, 0.5) is 0 Å². The molecule has 0 saturated carbocycles. The van der Waals surface area contributed by atoms with E-state index in [1.54, 1.807) is 30.3 Å². The Morgan fingerprint density at radius 3 is 2.46 bits per heavy atom. The first-order valence-corrected chi connectivity index (χ1v) is 9.22. The number of carbonyl (C=O) groups excluding carboxylic acids is 1. The summed E-state index contributed by atoms with van der Waals surface area (Å²) in [6.07, 6.45) is 1.50. The molecule has 0 aromatic heterocycles. The number of carbonyl (C=O) groups is 1. The third-order valence-electron chi connectivity index (χ3n) is 3.92. The minimum absolute atomic E-state index is 0.114. The number of rotatable bonds is 10. The van der Waals surface area contributed by atoms with Crippen molar-refractivity contribution in [1.29, 1.82) is 0 Å². The van der Waals surface area contributed by atoms with E-state index in [1.165, 1.54) is 0 Å². The molecule has 0 unspecified atom stereocenters. The molecule has 0 bridgehead atoms. The molecule has 2 aromatic rings. The van der Waals surface area contributed by atoms with Crippen molar-refractivity contribution in [1.82, 2.24) is 0 Å². The van der Waals surface area contributed by atoms with Crippen molar-refractivity contribution in [3.8, 4) is 0 Å². The van der Waals surface area contributed by atoms with E-state index in [0.29, 0.717) is 18.6 Å². The number of halogens is 1. The van der Waals surface area contributed by atoms with Crippen LogP contribution in [0.15, 0.2) is 71.7 Å². The average Bonchev–Trinajstić information content (AvgIpc) is 2.67. The van der Waals surface area contributed by atoms with E-state index in [9.17, 15) is 9.90 Å². The Bertz CT molecular complexity index is 685. The lowest BCUT2D eigenvalue weighted by Crippen LogP contribution is -2.30. The first-order chi connectivity index (χ1) is 12.6. The second-order valence-electron chi connectivity index (χ2n) is 5.96. The zero-order valence-electron chi connectivity index (χ0n) is 14.5. The van der Waals surface area contributed by atoms with Gasteiger partial charge in [-0.1, -0.05) is 52.3 Å². The fourth-order valence-corrected chi connectivity index (χ4v) is 2.67. The van der Waals surface area contributed by atoms with Crippen LogP contribution in [-0.4, -0.2) is 30.4 Å². The van der Waals surface area contributed by atoms with Crippen LogP contribution in [0.5, 0.6) is 0 Å². The van der Waals surface area contributed by atoms with Crippen molar-refractivity contribution in [3.05, 3.63) is 82.9 Å². The third kappa shape index (κ3) is 6.75. The number of aliphatic hydroxyl groups excluding tert-OH is 1. The summed E-state index contributed by atoms with van der Waals surface area (Å²) in [5.41, 5.74) is 1.52. The van der Waals surface area contributed by atoms with Gasteiger partial charge in [0.2, 0.25) is 0 Å². The molecule has 2 rings (SSSR count). The summed E-state index contributed by atoms with van der Waals surface area (Å²) in [6.45, 7) is 4.40. The van der Waals surface area contributed by atoms with Crippen molar-refractivity contribution in [3.63, 3.8) is 0 Å². The average molecular weight is 419 g/mol. The number of hydrogen-bond donors (Lipinski definition) is 1. The topological polar surface area (TPSA) is 55.8 Å². The number of esters is 1. The van der Waals surface area contributed by atoms with Gasteiger partial charge in [0.1, 0.15) is 0 Å². The SMILES string of the molecule is C=CC[C@H](COC(=O)c1ccccc1)[C@@H](O)COCc1ccc(Br)cc1. The maximum absolute atomic E-state index is 12.0. The molecule has 5 heteroatoms. The van der Waals surface area contributed by atoms with Crippen molar-refractivity contribution in [2.75, 3.05) is 13.2 Å². The molecule has 0 spiro atoms. The summed E-state index contributed by atoms with van der Waals surface area (Å²) in [4.78, 5) is 12.0. The summed E-state index contributed by atoms with van der Waals surface area (Å²) < 4.78 is 11.9. The predicted molar refractivity (Wildman–Crippen MR) is 105 cm³/mol. The Hall–Kier alpha value is -1.95. The standard InChI is InChI=1S/C21H23BrO4/c1-2-6-18(14-26-21(24)17-7-4-3-5-8-17)20(23)15-25-13-16-9-11-19(22)12-10-16/h2-5,7-12,18,20,23H,1,6,13-15H2/t18-,20+/m1/s1. The molecule has 0 fully saturated rings. The molecule has 1 N–H and O–H groups in total. The maximum Gasteiger partial charge on any atom is 0.338 e. The molecule has 2 atom stereocenters. The molecule has 4 nitrogen and oxygen atoms in total. The van der Waals surface area contributed by atoms with E-state index in [2.05, 4.69) is 22.5 Å². The Balaban J connectivity index is 1.80. The summed E-state index contributed by atoms with van der Waals surface area (Å²) in [6, 6.07) is 16.6. The van der Waals surface area contributed by atoms with Crippen LogP contribution in [0.3, 0.4) is 0 Å². The molecule has 138 valence electrons. The number of allylic oxidation sites excluding steroid dienone is 1. The van der Waals surface area contributed by atoms with Crippen molar-refractivity contribution in [2.24, 2.45) is 5.92 Å². The molecule has 0 heterocycles. The van der Waals surface area contributed by atoms with Crippen LogP contribution < -0.4 is 0 Å². The molecular formula is C21H23BrO4. The lowest BCUT2D eigenvalue weighted by molar-refractivity contribution is -0.0224. The van der Waals surface area contributed by atoms with Crippen LogP contribution in [-0.2, 0) is 16.1 Å². The van der Waals surface area contributed by atoms with Gasteiger partial charge in [0.05, 0.1) is 31.5 Å². The summed E-state index contributed by atoms with van der Waals surface area (Å²) in [5.74, 6) is -0.660. The molecule has 0 radical (unpaired) electrons. The first kappa shape index (κ1) is 20.4. The van der Waals surface area contributed by atoms with Crippen LogP contribution in [0.2, 0.25) is 0 Å². The first-order valence-electron chi connectivity index (χ1n) is 8.43. The maximum atomic E-state index is 12.0. The van der Waals surface area contributed by atoms with Crippen molar-refractivity contribution < 1.29 is 19.4 Å². The van der Waals surface area contributed by atoms with E-state index in [-0.39, 0.29) is 19.1 Å². The van der Waals surface area contributed by atoms with Gasteiger partial charge in [-0.25, -0.2) is 4.79 Å². The van der Waals surface area contributed by atoms with E-state index >= 15 is 0 Å². The van der Waals surface area contributed by atoms with Crippen LogP contribution in [0.25, 0.3) is 0 Å². The summed E-state index contributed by atoms with van der Waals surface area (Å²) in [5, 5.41) is 10.4. The number of hydrogen-bond acceptors (Lipinski definition) is 4. The fraction of sp³-hybridized carbons (Fsp3) is 0.286. The molecule has 0 aliphatic rings. The van der Waals surface area contributed by atoms with Gasteiger partial charge in [-0.05, 0) is 36.2 Å². The zero-order chi connectivity index (χ0) is 18.8. The van der Waals surface area contributed by atoms with Crippen LogP contribution >= 0.6 is 15.9 Å². The summed E-state index contributed by atoms with van der Waals surface area (Å²) in [7, 11) is 0. The minimum Gasteiger partial charge on any atom is -0.462 e. The Morgan fingerprint density at radius 2 is 1.81 bits per heavy atom. The van der Waals surface area contributed by atoms with Gasteiger partial charge in [-0.2, -0.15) is 0 Å².